The van der Waals surface area contributed by atoms with Crippen molar-refractivity contribution in [2.75, 3.05) is 11.9 Å². The van der Waals surface area contributed by atoms with Gasteiger partial charge in [0.25, 0.3) is 0 Å². The van der Waals surface area contributed by atoms with Crippen LogP contribution in [0.3, 0.4) is 0 Å². The average Bonchev–Trinajstić information content (AvgIpc) is 3.03. The van der Waals surface area contributed by atoms with Gasteiger partial charge in [0.05, 0.1) is 0 Å². The summed E-state index contributed by atoms with van der Waals surface area (Å²) in [5.41, 5.74) is 2.05. The van der Waals surface area contributed by atoms with Gasteiger partial charge in [-0.25, -0.2) is 0 Å². The maximum Gasteiger partial charge on any atom is 0.227 e. The number of carbonyl (C=O) groups is 2. The van der Waals surface area contributed by atoms with E-state index in [-0.39, 0.29) is 23.1 Å². The molecule has 136 valence electrons. The van der Waals surface area contributed by atoms with E-state index in [2.05, 4.69) is 30.5 Å². The third kappa shape index (κ3) is 4.42. The lowest BCUT2D eigenvalue weighted by molar-refractivity contribution is -0.123. The number of nitrogens with one attached hydrogen (secondary N) is 2. The molecule has 1 saturated carbocycles. The van der Waals surface area contributed by atoms with Gasteiger partial charge in [-0.1, -0.05) is 44.9 Å². The number of para-hydroxylation sites is 1. The van der Waals surface area contributed by atoms with E-state index < -0.39 is 0 Å². The lowest BCUT2D eigenvalue weighted by atomic mass is 9.76. The van der Waals surface area contributed by atoms with E-state index in [9.17, 15) is 9.59 Å². The second kappa shape index (κ2) is 7.59. The number of anilines is 1. The Bertz CT molecular complexity index is 633. The van der Waals surface area contributed by atoms with Gasteiger partial charge >= 0.3 is 0 Å². The van der Waals surface area contributed by atoms with E-state index in [1.807, 2.05) is 18.2 Å². The highest BCUT2D eigenvalue weighted by Gasteiger charge is 2.34. The van der Waals surface area contributed by atoms with Crippen LogP contribution in [-0.4, -0.2) is 18.4 Å². The highest BCUT2D eigenvalue weighted by molar-refractivity contribution is 5.94. The Labute approximate surface area is 150 Å². The van der Waals surface area contributed by atoms with Crippen molar-refractivity contribution in [3.63, 3.8) is 0 Å². The zero-order valence-corrected chi connectivity index (χ0v) is 15.4. The van der Waals surface area contributed by atoms with Gasteiger partial charge in [-0.05, 0) is 48.6 Å². The molecule has 2 aliphatic rings. The van der Waals surface area contributed by atoms with Crippen LogP contribution in [0.15, 0.2) is 24.3 Å². The van der Waals surface area contributed by atoms with Crippen LogP contribution < -0.4 is 10.6 Å². The van der Waals surface area contributed by atoms with Crippen molar-refractivity contribution in [3.05, 3.63) is 29.8 Å². The van der Waals surface area contributed by atoms with Crippen LogP contribution in [-0.2, 0) is 15.0 Å². The van der Waals surface area contributed by atoms with Gasteiger partial charge in [0.15, 0.2) is 0 Å². The summed E-state index contributed by atoms with van der Waals surface area (Å²) in [5.74, 6) is 0.704. The minimum absolute atomic E-state index is 0.0612. The number of fused-ring (bicyclic) bond motifs is 1. The Hall–Kier alpha value is -1.84. The quantitative estimate of drug-likeness (QED) is 0.849. The molecule has 1 aliphatic carbocycles. The predicted molar refractivity (Wildman–Crippen MR) is 100 cm³/mol. The number of hydrogen-bond donors (Lipinski definition) is 2. The topological polar surface area (TPSA) is 58.2 Å². The highest BCUT2D eigenvalue weighted by Crippen LogP contribution is 2.39. The highest BCUT2D eigenvalue weighted by atomic mass is 16.2. The standard InChI is InChI=1S/C21H30N2O2/c1-21(2)14-16(20(25)23-18-10-6-5-9-17(18)21)11-12-22-19(24)13-15-7-3-4-8-15/h5-6,9-10,15-16H,3-4,7-8,11-14H2,1-2H3,(H,22,24)(H,23,25). The van der Waals surface area contributed by atoms with Gasteiger partial charge in [0.1, 0.15) is 0 Å². The van der Waals surface area contributed by atoms with Crippen LogP contribution in [0.25, 0.3) is 0 Å². The Morgan fingerprint density at radius 1 is 1.24 bits per heavy atom. The van der Waals surface area contributed by atoms with Gasteiger partial charge in [-0.3, -0.25) is 9.59 Å². The molecule has 1 unspecified atom stereocenters. The zero-order chi connectivity index (χ0) is 17.9. The predicted octanol–water partition coefficient (Wildman–Crippen LogP) is 4.01. The summed E-state index contributed by atoms with van der Waals surface area (Å²) in [6.45, 7) is 4.96. The molecule has 25 heavy (non-hydrogen) atoms. The Morgan fingerprint density at radius 2 is 1.96 bits per heavy atom. The SMILES string of the molecule is CC1(C)CC(CCNC(=O)CC2CCCC2)C(=O)Nc2ccccc21. The minimum Gasteiger partial charge on any atom is -0.356 e. The molecular weight excluding hydrogens is 312 g/mol. The molecule has 1 aromatic rings. The van der Waals surface area contributed by atoms with Gasteiger partial charge in [0.2, 0.25) is 11.8 Å². The van der Waals surface area contributed by atoms with Crippen molar-refractivity contribution in [2.24, 2.45) is 11.8 Å². The van der Waals surface area contributed by atoms with Crippen molar-refractivity contribution in [2.45, 2.75) is 64.2 Å². The summed E-state index contributed by atoms with van der Waals surface area (Å²) in [6.07, 6.45) is 7.03. The molecule has 0 aromatic heterocycles. The first kappa shape index (κ1) is 18.0. The van der Waals surface area contributed by atoms with Crippen molar-refractivity contribution >= 4 is 17.5 Å². The molecule has 0 saturated heterocycles. The summed E-state index contributed by atoms with van der Waals surface area (Å²) in [5, 5.41) is 6.10. The molecule has 2 N–H and O–H groups in total. The largest absolute Gasteiger partial charge is 0.356 e. The fraction of sp³-hybridized carbons (Fsp3) is 0.619. The molecule has 0 bridgehead atoms. The molecular formula is C21H30N2O2. The van der Waals surface area contributed by atoms with E-state index in [0.29, 0.717) is 25.3 Å². The number of amides is 2. The number of hydrogen-bond acceptors (Lipinski definition) is 2. The summed E-state index contributed by atoms with van der Waals surface area (Å²) in [4.78, 5) is 24.7. The monoisotopic (exact) mass is 342 g/mol. The summed E-state index contributed by atoms with van der Waals surface area (Å²) >= 11 is 0. The Kier molecular flexibility index (Phi) is 5.45. The fourth-order valence-corrected chi connectivity index (χ4v) is 4.40. The molecule has 4 heteroatoms. The summed E-state index contributed by atoms with van der Waals surface area (Å²) < 4.78 is 0. The lowest BCUT2D eigenvalue weighted by Crippen LogP contribution is -2.31. The third-order valence-electron chi connectivity index (χ3n) is 5.81. The second-order valence-electron chi connectivity index (χ2n) is 8.31. The molecule has 3 rings (SSSR count). The summed E-state index contributed by atoms with van der Waals surface area (Å²) in [7, 11) is 0. The Balaban J connectivity index is 1.54. The maximum atomic E-state index is 12.6. The maximum absolute atomic E-state index is 12.6. The third-order valence-corrected chi connectivity index (χ3v) is 5.81. The normalized spacial score (nSPS) is 22.8. The number of benzene rings is 1. The van der Waals surface area contributed by atoms with Crippen LogP contribution in [0, 0.1) is 11.8 Å². The molecule has 1 heterocycles. The molecule has 0 radical (unpaired) electrons. The van der Waals surface area contributed by atoms with Crippen LogP contribution >= 0.6 is 0 Å². The first-order valence-corrected chi connectivity index (χ1v) is 9.63. The minimum atomic E-state index is -0.0748. The van der Waals surface area contributed by atoms with Crippen LogP contribution in [0.5, 0.6) is 0 Å². The van der Waals surface area contributed by atoms with E-state index in [1.165, 1.54) is 31.2 Å². The van der Waals surface area contributed by atoms with Crippen molar-refractivity contribution in [1.29, 1.82) is 0 Å². The number of carbonyl (C=O) groups excluding carboxylic acids is 2. The summed E-state index contributed by atoms with van der Waals surface area (Å²) in [6, 6.07) is 8.05. The zero-order valence-electron chi connectivity index (χ0n) is 15.4. The Morgan fingerprint density at radius 3 is 2.72 bits per heavy atom. The van der Waals surface area contributed by atoms with Gasteiger partial charge in [0, 0.05) is 24.6 Å². The van der Waals surface area contributed by atoms with Crippen LogP contribution in [0.1, 0.15) is 64.4 Å². The lowest BCUT2D eigenvalue weighted by Gasteiger charge is -2.27. The van der Waals surface area contributed by atoms with Crippen LogP contribution in [0.4, 0.5) is 5.69 Å². The van der Waals surface area contributed by atoms with Gasteiger partial charge < -0.3 is 10.6 Å². The van der Waals surface area contributed by atoms with Crippen molar-refractivity contribution < 1.29 is 9.59 Å². The first-order valence-electron chi connectivity index (χ1n) is 9.63. The number of rotatable bonds is 5. The molecule has 1 aliphatic heterocycles. The average molecular weight is 342 g/mol. The van der Waals surface area contributed by atoms with E-state index >= 15 is 0 Å². The molecule has 2 amide bonds. The van der Waals surface area contributed by atoms with Gasteiger partial charge in [-0.15, -0.1) is 0 Å². The first-order chi connectivity index (χ1) is 12.0. The molecule has 0 spiro atoms. The van der Waals surface area contributed by atoms with Gasteiger partial charge in [-0.2, -0.15) is 0 Å². The molecule has 1 aromatic carbocycles. The molecule has 4 nitrogen and oxygen atoms in total. The fourth-order valence-electron chi connectivity index (χ4n) is 4.40. The van der Waals surface area contributed by atoms with Crippen molar-refractivity contribution in [1.82, 2.24) is 5.32 Å². The smallest absolute Gasteiger partial charge is 0.227 e. The van der Waals surface area contributed by atoms with E-state index in [4.69, 9.17) is 0 Å². The van der Waals surface area contributed by atoms with Crippen molar-refractivity contribution in [3.8, 4) is 0 Å². The second-order valence-corrected chi connectivity index (χ2v) is 8.31. The van der Waals surface area contributed by atoms with Crippen LogP contribution in [0.2, 0.25) is 0 Å². The molecule has 1 fully saturated rings. The molecule has 1 atom stereocenters. The van der Waals surface area contributed by atoms with E-state index in [1.54, 1.807) is 0 Å². The van der Waals surface area contributed by atoms with E-state index in [0.717, 1.165) is 12.1 Å².